The van der Waals surface area contributed by atoms with Gasteiger partial charge in [-0.3, -0.25) is 28.3 Å². The third kappa shape index (κ3) is 4.02. The first-order valence-corrected chi connectivity index (χ1v) is 11.5. The molecule has 4 rings (SSSR count). The van der Waals surface area contributed by atoms with E-state index >= 15 is 0 Å². The highest BCUT2D eigenvalue weighted by Gasteiger charge is 2.28. The van der Waals surface area contributed by atoms with Crippen molar-refractivity contribution in [1.82, 2.24) is 18.7 Å². The molecule has 0 saturated carbocycles. The second kappa shape index (κ2) is 8.89. The molecule has 0 fully saturated rings. The standard InChI is InChI=1S/C21H24N6O6S/c1-10(18(30)24-19-14(16(22)29)11-5-4-6-12(11)34-19)33-13(28)7-8-27-9-23-17-15(27)20(31)26(3)21(32)25(17)2/h9-10H,4-8H2,1-3H3,(H2,22,29)(H,24,30). The van der Waals surface area contributed by atoms with E-state index in [4.69, 9.17) is 10.5 Å². The average molecular weight is 489 g/mol. The maximum atomic E-state index is 12.6. The van der Waals surface area contributed by atoms with E-state index in [2.05, 4.69) is 10.3 Å². The van der Waals surface area contributed by atoms with Crippen LogP contribution in [0.25, 0.3) is 11.2 Å². The van der Waals surface area contributed by atoms with Crippen molar-refractivity contribution in [2.24, 2.45) is 19.8 Å². The summed E-state index contributed by atoms with van der Waals surface area (Å²) in [6, 6.07) is 0. The van der Waals surface area contributed by atoms with Gasteiger partial charge in [-0.15, -0.1) is 11.3 Å². The van der Waals surface area contributed by atoms with Crippen LogP contribution in [0.3, 0.4) is 0 Å². The number of carbonyl (C=O) groups is 3. The number of hydrogen-bond donors (Lipinski definition) is 2. The van der Waals surface area contributed by atoms with Crippen LogP contribution in [0.1, 0.15) is 40.6 Å². The monoisotopic (exact) mass is 488 g/mol. The van der Waals surface area contributed by atoms with Gasteiger partial charge in [-0.2, -0.15) is 0 Å². The summed E-state index contributed by atoms with van der Waals surface area (Å²) in [6.45, 7) is 1.50. The number of imidazole rings is 1. The zero-order valence-electron chi connectivity index (χ0n) is 18.9. The van der Waals surface area contributed by atoms with Gasteiger partial charge in [-0.25, -0.2) is 9.78 Å². The second-order valence-electron chi connectivity index (χ2n) is 8.11. The molecule has 0 radical (unpaired) electrons. The Morgan fingerprint density at radius 2 is 1.97 bits per heavy atom. The average Bonchev–Trinajstić information content (AvgIpc) is 3.48. The van der Waals surface area contributed by atoms with E-state index in [0.717, 1.165) is 34.3 Å². The molecule has 180 valence electrons. The first kappa shape index (κ1) is 23.4. The van der Waals surface area contributed by atoms with Gasteiger partial charge in [-0.1, -0.05) is 0 Å². The quantitative estimate of drug-likeness (QED) is 0.444. The SMILES string of the molecule is CC(OC(=O)CCn1cnc2c1c(=O)n(C)c(=O)n2C)C(=O)Nc1sc2c(c1C(N)=O)CCC2. The number of anilines is 1. The summed E-state index contributed by atoms with van der Waals surface area (Å²) in [5, 5.41) is 3.03. The zero-order chi connectivity index (χ0) is 24.7. The van der Waals surface area contributed by atoms with Crippen molar-refractivity contribution in [2.75, 3.05) is 5.32 Å². The summed E-state index contributed by atoms with van der Waals surface area (Å²) in [4.78, 5) is 66.5. The number of nitrogens with zero attached hydrogens (tertiary/aromatic N) is 4. The molecule has 1 atom stereocenters. The fourth-order valence-electron chi connectivity index (χ4n) is 4.05. The van der Waals surface area contributed by atoms with Crippen LogP contribution in [0.5, 0.6) is 0 Å². The number of hydrogen-bond acceptors (Lipinski definition) is 8. The lowest BCUT2D eigenvalue weighted by Crippen LogP contribution is -2.37. The fraction of sp³-hybridized carbons (Fsp3) is 0.429. The second-order valence-corrected chi connectivity index (χ2v) is 9.22. The number of esters is 1. The molecule has 0 saturated heterocycles. The summed E-state index contributed by atoms with van der Waals surface area (Å²) in [6.07, 6.45) is 2.65. The third-order valence-electron chi connectivity index (χ3n) is 5.86. The molecule has 12 nitrogen and oxygen atoms in total. The molecule has 0 bridgehead atoms. The van der Waals surface area contributed by atoms with E-state index in [1.165, 1.54) is 47.8 Å². The Balaban J connectivity index is 1.41. The van der Waals surface area contributed by atoms with E-state index < -0.39 is 35.1 Å². The van der Waals surface area contributed by atoms with E-state index in [9.17, 15) is 24.0 Å². The molecule has 34 heavy (non-hydrogen) atoms. The van der Waals surface area contributed by atoms with Crippen LogP contribution in [0.2, 0.25) is 0 Å². The number of ether oxygens (including phenoxy) is 1. The van der Waals surface area contributed by atoms with E-state index in [1.807, 2.05) is 0 Å². The van der Waals surface area contributed by atoms with Crippen LogP contribution in [-0.4, -0.2) is 42.6 Å². The Bertz CT molecular complexity index is 1440. The topological polar surface area (TPSA) is 160 Å². The smallest absolute Gasteiger partial charge is 0.332 e. The normalized spacial score (nSPS) is 13.6. The first-order valence-electron chi connectivity index (χ1n) is 10.7. The van der Waals surface area contributed by atoms with E-state index in [1.54, 1.807) is 0 Å². The summed E-state index contributed by atoms with van der Waals surface area (Å²) in [5.41, 5.74) is 6.09. The Kier molecular flexibility index (Phi) is 6.13. The van der Waals surface area contributed by atoms with Gasteiger partial charge in [0.2, 0.25) is 0 Å². The van der Waals surface area contributed by atoms with Crippen LogP contribution < -0.4 is 22.3 Å². The zero-order valence-corrected chi connectivity index (χ0v) is 19.7. The van der Waals surface area contributed by atoms with Gasteiger partial charge < -0.3 is 20.4 Å². The first-order chi connectivity index (χ1) is 16.1. The molecule has 3 aromatic rings. The highest BCUT2D eigenvalue weighted by molar-refractivity contribution is 7.17. The van der Waals surface area contributed by atoms with Crippen molar-refractivity contribution in [3.8, 4) is 0 Å². The maximum Gasteiger partial charge on any atom is 0.332 e. The number of aryl methyl sites for hydroxylation is 3. The number of aromatic nitrogens is 4. The van der Waals surface area contributed by atoms with Gasteiger partial charge in [0.25, 0.3) is 17.4 Å². The fourth-order valence-corrected chi connectivity index (χ4v) is 5.35. The Morgan fingerprint density at radius 1 is 1.24 bits per heavy atom. The Labute approximate surface area is 196 Å². The highest BCUT2D eigenvalue weighted by Crippen LogP contribution is 2.38. The van der Waals surface area contributed by atoms with Crippen LogP contribution in [-0.2, 0) is 47.8 Å². The third-order valence-corrected chi connectivity index (χ3v) is 7.06. The number of fused-ring (bicyclic) bond motifs is 2. The van der Waals surface area contributed by atoms with Gasteiger partial charge in [0.05, 0.1) is 18.3 Å². The van der Waals surface area contributed by atoms with Gasteiger partial charge in [-0.05, 0) is 31.7 Å². The van der Waals surface area contributed by atoms with Gasteiger partial charge in [0, 0.05) is 25.5 Å². The molecular weight excluding hydrogens is 464 g/mol. The van der Waals surface area contributed by atoms with Crippen LogP contribution in [0, 0.1) is 0 Å². The minimum Gasteiger partial charge on any atom is -0.452 e. The van der Waals surface area contributed by atoms with Crippen LogP contribution in [0.4, 0.5) is 5.00 Å². The Morgan fingerprint density at radius 3 is 2.68 bits per heavy atom. The molecule has 0 spiro atoms. The van der Waals surface area contributed by atoms with Crippen LogP contribution in [0.15, 0.2) is 15.9 Å². The molecule has 3 heterocycles. The van der Waals surface area contributed by atoms with E-state index in [0.29, 0.717) is 10.6 Å². The number of nitrogens with two attached hydrogens (primary N) is 1. The van der Waals surface area contributed by atoms with Crippen LogP contribution >= 0.6 is 11.3 Å². The number of carbonyl (C=O) groups excluding carboxylic acids is 3. The summed E-state index contributed by atoms with van der Waals surface area (Å²) in [7, 11) is 2.86. The highest BCUT2D eigenvalue weighted by atomic mass is 32.1. The van der Waals surface area contributed by atoms with E-state index in [-0.39, 0.29) is 24.1 Å². The minimum absolute atomic E-state index is 0.0700. The van der Waals surface area contributed by atoms with Crippen molar-refractivity contribution < 1.29 is 19.1 Å². The van der Waals surface area contributed by atoms with Crippen molar-refractivity contribution >= 4 is 45.3 Å². The number of rotatable bonds is 7. The maximum absolute atomic E-state index is 12.6. The molecule has 1 aliphatic carbocycles. The molecule has 0 aliphatic heterocycles. The van der Waals surface area contributed by atoms with Gasteiger partial charge >= 0.3 is 11.7 Å². The number of thiophene rings is 1. The number of nitrogens with one attached hydrogen (secondary N) is 1. The lowest BCUT2D eigenvalue weighted by molar-refractivity contribution is -0.153. The lowest BCUT2D eigenvalue weighted by Gasteiger charge is -2.14. The number of amides is 2. The van der Waals surface area contributed by atoms with Crippen molar-refractivity contribution in [3.63, 3.8) is 0 Å². The molecule has 3 aromatic heterocycles. The molecule has 1 aliphatic rings. The van der Waals surface area contributed by atoms with Gasteiger partial charge in [0.1, 0.15) is 5.00 Å². The molecule has 1 unspecified atom stereocenters. The lowest BCUT2D eigenvalue weighted by atomic mass is 10.1. The predicted molar refractivity (Wildman–Crippen MR) is 124 cm³/mol. The molecule has 0 aromatic carbocycles. The molecule has 2 amide bonds. The molecule has 3 N–H and O–H groups in total. The summed E-state index contributed by atoms with van der Waals surface area (Å²) >= 11 is 1.32. The molecule has 13 heteroatoms. The minimum atomic E-state index is -1.11. The Hall–Kier alpha value is -3.74. The largest absolute Gasteiger partial charge is 0.452 e. The molecular formula is C21H24N6O6S. The van der Waals surface area contributed by atoms with Crippen molar-refractivity contribution in [3.05, 3.63) is 43.2 Å². The number of primary amides is 1. The van der Waals surface area contributed by atoms with Crippen molar-refractivity contribution in [1.29, 1.82) is 0 Å². The van der Waals surface area contributed by atoms with Gasteiger partial charge in [0.15, 0.2) is 17.3 Å². The van der Waals surface area contributed by atoms with Crippen molar-refractivity contribution in [2.45, 2.75) is 45.3 Å². The summed E-state index contributed by atoms with van der Waals surface area (Å²) < 4.78 is 8.92. The summed E-state index contributed by atoms with van der Waals surface area (Å²) in [5.74, 6) is -1.83. The predicted octanol–water partition coefficient (Wildman–Crippen LogP) is 0.0433.